The van der Waals surface area contributed by atoms with Crippen molar-refractivity contribution >= 4 is 5.96 Å². The van der Waals surface area contributed by atoms with E-state index in [-0.39, 0.29) is 0 Å². The summed E-state index contributed by atoms with van der Waals surface area (Å²) in [6.45, 7) is 1.04. The van der Waals surface area contributed by atoms with Gasteiger partial charge in [0.05, 0.1) is 0 Å². The van der Waals surface area contributed by atoms with E-state index in [9.17, 15) is 0 Å². The quantitative estimate of drug-likeness (QED) is 0.261. The molecule has 4 nitrogen and oxygen atoms in total. The minimum absolute atomic E-state index is 0.529. The molecule has 4 N–H and O–H groups in total. The Morgan fingerprint density at radius 2 is 1.86 bits per heavy atom. The van der Waals surface area contributed by atoms with Crippen LogP contribution in [0.5, 0.6) is 0 Å². The van der Waals surface area contributed by atoms with Crippen LogP contribution in [0.4, 0.5) is 0 Å². The maximum Gasteiger partial charge on any atom is 0.213 e. The van der Waals surface area contributed by atoms with E-state index in [0.717, 1.165) is 12.5 Å². The van der Waals surface area contributed by atoms with Crippen LogP contribution < -0.4 is 11.6 Å². The maximum atomic E-state index is 5.81. The maximum absolute atomic E-state index is 5.81. The minimum atomic E-state index is 0.529. The molecule has 1 saturated carbocycles. The molecule has 14 heavy (non-hydrogen) atoms. The second-order valence-electron chi connectivity index (χ2n) is 4.43. The molecule has 2 aliphatic rings. The second kappa shape index (κ2) is 4.07. The number of nitrogens with zero attached hydrogens (tertiary/aromatic N) is 2. The van der Waals surface area contributed by atoms with Gasteiger partial charge in [-0.2, -0.15) is 0 Å². The monoisotopic (exact) mass is 196 g/mol. The van der Waals surface area contributed by atoms with Gasteiger partial charge in [0.2, 0.25) is 5.96 Å². The molecular weight excluding hydrogens is 176 g/mol. The Labute approximate surface area is 85.3 Å². The Balaban J connectivity index is 2.08. The van der Waals surface area contributed by atoms with Gasteiger partial charge in [0, 0.05) is 12.6 Å². The van der Waals surface area contributed by atoms with Crippen molar-refractivity contribution in [3.8, 4) is 0 Å². The number of fused-ring (bicyclic) bond motifs is 1. The van der Waals surface area contributed by atoms with Crippen LogP contribution in [-0.4, -0.2) is 23.4 Å². The molecular formula is C10H20N4. The van der Waals surface area contributed by atoms with E-state index in [4.69, 9.17) is 11.6 Å². The predicted octanol–water partition coefficient (Wildman–Crippen LogP) is 0.829. The molecule has 4 heteroatoms. The Morgan fingerprint density at radius 1 is 1.14 bits per heavy atom. The van der Waals surface area contributed by atoms with Crippen molar-refractivity contribution in [3.63, 3.8) is 0 Å². The molecule has 2 atom stereocenters. The normalized spacial score (nSPS) is 34.0. The highest BCUT2D eigenvalue weighted by atomic mass is 15.3. The van der Waals surface area contributed by atoms with E-state index >= 15 is 0 Å². The van der Waals surface area contributed by atoms with Gasteiger partial charge < -0.3 is 16.5 Å². The lowest BCUT2D eigenvalue weighted by atomic mass is 9.78. The average Bonchev–Trinajstić information content (AvgIpc) is 2.27. The largest absolute Gasteiger partial charge is 0.368 e. The number of hydrazone groups is 1. The first-order valence-corrected chi connectivity index (χ1v) is 5.63. The molecule has 0 aromatic heterocycles. The van der Waals surface area contributed by atoms with Crippen molar-refractivity contribution in [3.05, 3.63) is 0 Å². The van der Waals surface area contributed by atoms with Gasteiger partial charge in [-0.1, -0.05) is 12.8 Å². The lowest BCUT2D eigenvalue weighted by Crippen LogP contribution is -2.52. The van der Waals surface area contributed by atoms with Gasteiger partial charge in [0.15, 0.2) is 0 Å². The second-order valence-corrected chi connectivity index (χ2v) is 4.43. The zero-order chi connectivity index (χ0) is 9.97. The summed E-state index contributed by atoms with van der Waals surface area (Å²) in [7, 11) is 0. The molecule has 1 heterocycles. The van der Waals surface area contributed by atoms with Gasteiger partial charge in [0.1, 0.15) is 0 Å². The van der Waals surface area contributed by atoms with Gasteiger partial charge in [-0.05, 0) is 31.6 Å². The highest BCUT2D eigenvalue weighted by Gasteiger charge is 2.33. The summed E-state index contributed by atoms with van der Waals surface area (Å²) in [5.41, 5.74) is 5.81. The molecule has 0 aromatic rings. The topological polar surface area (TPSA) is 67.6 Å². The number of likely N-dealkylation sites (tertiary alicyclic amines) is 1. The lowest BCUT2D eigenvalue weighted by molar-refractivity contribution is 0.118. The predicted molar refractivity (Wildman–Crippen MR) is 57.5 cm³/mol. The van der Waals surface area contributed by atoms with Crippen molar-refractivity contribution in [1.29, 1.82) is 0 Å². The molecule has 0 spiro atoms. The summed E-state index contributed by atoms with van der Waals surface area (Å²) in [6, 6.07) is 0.616. The number of rotatable bonds is 0. The highest BCUT2D eigenvalue weighted by molar-refractivity contribution is 5.78. The van der Waals surface area contributed by atoms with Crippen molar-refractivity contribution in [2.45, 2.75) is 44.6 Å². The third-order valence-corrected chi connectivity index (χ3v) is 3.67. The number of hydrogen-bond donors (Lipinski definition) is 2. The van der Waals surface area contributed by atoms with E-state index in [1.54, 1.807) is 0 Å². The summed E-state index contributed by atoms with van der Waals surface area (Å²) in [5, 5.41) is 3.62. The van der Waals surface area contributed by atoms with Gasteiger partial charge in [-0.3, -0.25) is 0 Å². The molecule has 0 bridgehead atoms. The van der Waals surface area contributed by atoms with Crippen LogP contribution in [0.2, 0.25) is 0 Å². The molecule has 1 aliphatic carbocycles. The van der Waals surface area contributed by atoms with Crippen LogP contribution >= 0.6 is 0 Å². The van der Waals surface area contributed by atoms with E-state index in [1.165, 1.54) is 38.5 Å². The van der Waals surface area contributed by atoms with Crippen LogP contribution in [0.3, 0.4) is 0 Å². The van der Waals surface area contributed by atoms with Crippen LogP contribution in [0.1, 0.15) is 38.5 Å². The molecule has 0 aromatic carbocycles. The number of guanidine groups is 1. The fourth-order valence-corrected chi connectivity index (χ4v) is 2.98. The van der Waals surface area contributed by atoms with Gasteiger partial charge >= 0.3 is 0 Å². The molecule has 1 saturated heterocycles. The van der Waals surface area contributed by atoms with E-state index < -0.39 is 0 Å². The Hall–Kier alpha value is -0.930. The standard InChI is InChI=1S/C10H20N4/c11-10(13-12)14-7-3-5-8-4-1-2-6-9(8)14/h8-9H,1-7,12H2,(H2,11,13)/t8-,9-/m1/s1. The summed E-state index contributed by atoms with van der Waals surface area (Å²) < 4.78 is 0. The van der Waals surface area contributed by atoms with Crippen molar-refractivity contribution in [2.75, 3.05) is 6.54 Å². The molecule has 80 valence electrons. The Morgan fingerprint density at radius 3 is 2.64 bits per heavy atom. The number of hydrogen-bond acceptors (Lipinski definition) is 2. The molecule has 0 unspecified atom stereocenters. The summed E-state index contributed by atoms with van der Waals surface area (Å²) >= 11 is 0. The van der Waals surface area contributed by atoms with Crippen LogP contribution in [-0.2, 0) is 0 Å². The molecule has 0 amide bonds. The fraction of sp³-hybridized carbons (Fsp3) is 0.900. The first kappa shape index (κ1) is 9.62. The average molecular weight is 196 g/mol. The summed E-state index contributed by atoms with van der Waals surface area (Å²) in [6.07, 6.45) is 7.93. The smallest absolute Gasteiger partial charge is 0.213 e. The summed E-state index contributed by atoms with van der Waals surface area (Å²) in [5.74, 6) is 6.61. The van der Waals surface area contributed by atoms with Crippen molar-refractivity contribution in [1.82, 2.24) is 4.90 Å². The first-order chi connectivity index (χ1) is 6.83. The lowest BCUT2D eigenvalue weighted by Gasteiger charge is -2.44. The summed E-state index contributed by atoms with van der Waals surface area (Å²) in [4.78, 5) is 2.22. The fourth-order valence-electron chi connectivity index (χ4n) is 2.98. The molecule has 1 aliphatic heterocycles. The molecule has 2 rings (SSSR count). The van der Waals surface area contributed by atoms with Crippen LogP contribution in [0.15, 0.2) is 5.10 Å². The van der Waals surface area contributed by atoms with Gasteiger partial charge in [-0.15, -0.1) is 5.10 Å². The third kappa shape index (κ3) is 1.65. The minimum Gasteiger partial charge on any atom is -0.368 e. The van der Waals surface area contributed by atoms with E-state index in [0.29, 0.717) is 12.0 Å². The number of piperidine rings is 1. The zero-order valence-electron chi connectivity index (χ0n) is 8.65. The van der Waals surface area contributed by atoms with Crippen molar-refractivity contribution in [2.24, 2.45) is 22.6 Å². The molecule has 2 fully saturated rings. The van der Waals surface area contributed by atoms with Gasteiger partial charge in [0.25, 0.3) is 0 Å². The van der Waals surface area contributed by atoms with Crippen molar-refractivity contribution < 1.29 is 0 Å². The number of nitrogens with two attached hydrogens (primary N) is 2. The zero-order valence-corrected chi connectivity index (χ0v) is 8.65. The van der Waals surface area contributed by atoms with E-state index in [2.05, 4.69) is 10.0 Å². The third-order valence-electron chi connectivity index (χ3n) is 3.67. The van der Waals surface area contributed by atoms with Crippen LogP contribution in [0, 0.1) is 5.92 Å². The SMILES string of the molecule is NN=C(N)N1CCC[C@H]2CCCC[C@H]21. The van der Waals surface area contributed by atoms with E-state index in [1.807, 2.05) is 0 Å². The Bertz CT molecular complexity index is 224. The Kier molecular flexibility index (Phi) is 2.79. The first-order valence-electron chi connectivity index (χ1n) is 5.63. The molecule has 0 radical (unpaired) electrons. The van der Waals surface area contributed by atoms with Gasteiger partial charge in [-0.25, -0.2) is 0 Å². The highest BCUT2D eigenvalue weighted by Crippen LogP contribution is 2.34. The van der Waals surface area contributed by atoms with Crippen LogP contribution in [0.25, 0.3) is 0 Å².